The zero-order chi connectivity index (χ0) is 20.1. The number of aromatic nitrogens is 1. The van der Waals surface area contributed by atoms with Gasteiger partial charge >= 0.3 is 0 Å². The number of nitrogens with zero attached hydrogens (tertiary/aromatic N) is 4. The number of benzene rings is 1. The summed E-state index contributed by atoms with van der Waals surface area (Å²) in [7, 11) is 3.86. The summed E-state index contributed by atoms with van der Waals surface area (Å²) in [5.41, 5.74) is 2.77. The van der Waals surface area contributed by atoms with Crippen LogP contribution in [0.2, 0.25) is 0 Å². The highest BCUT2D eigenvalue weighted by Gasteiger charge is 2.28. The number of carbonyl (C=O) groups excluding carboxylic acids is 1. The van der Waals surface area contributed by atoms with Crippen molar-refractivity contribution in [1.29, 1.82) is 5.26 Å². The highest BCUT2D eigenvalue weighted by Crippen LogP contribution is 2.23. The minimum Gasteiger partial charge on any atom is -0.355 e. The number of anilines is 1. The number of hydrogen-bond acceptors (Lipinski definition) is 5. The Morgan fingerprint density at radius 1 is 1.25 bits per heavy atom. The predicted octanol–water partition coefficient (Wildman–Crippen LogP) is 2.65. The summed E-state index contributed by atoms with van der Waals surface area (Å²) in [6.07, 6.45) is 3.38. The minimum absolute atomic E-state index is 0.0304. The Morgan fingerprint density at radius 3 is 2.54 bits per heavy atom. The van der Waals surface area contributed by atoms with Crippen LogP contribution in [0.4, 0.5) is 5.82 Å². The molecule has 0 saturated carbocycles. The van der Waals surface area contributed by atoms with E-state index in [0.29, 0.717) is 5.56 Å². The molecule has 1 atom stereocenters. The molecule has 0 unspecified atom stereocenters. The Labute approximate surface area is 166 Å². The van der Waals surface area contributed by atoms with Crippen molar-refractivity contribution in [2.45, 2.75) is 31.8 Å². The average Bonchev–Trinajstić information content (AvgIpc) is 2.70. The van der Waals surface area contributed by atoms with Gasteiger partial charge in [-0.15, -0.1) is 0 Å². The Kier molecular flexibility index (Phi) is 6.27. The van der Waals surface area contributed by atoms with Crippen molar-refractivity contribution in [3.8, 4) is 6.07 Å². The summed E-state index contributed by atoms with van der Waals surface area (Å²) in [5, 5.41) is 12.5. The second-order valence-electron chi connectivity index (χ2n) is 7.53. The smallest absolute Gasteiger partial charge is 0.242 e. The molecule has 1 saturated heterocycles. The van der Waals surface area contributed by atoms with Crippen molar-refractivity contribution in [1.82, 2.24) is 15.2 Å². The van der Waals surface area contributed by atoms with Gasteiger partial charge < -0.3 is 10.2 Å². The maximum atomic E-state index is 13.0. The number of hydrogen-bond donors (Lipinski definition) is 1. The molecule has 1 aromatic carbocycles. The Balaban J connectivity index is 1.62. The van der Waals surface area contributed by atoms with Crippen LogP contribution in [-0.2, 0) is 4.79 Å². The molecule has 0 bridgehead atoms. The van der Waals surface area contributed by atoms with Crippen molar-refractivity contribution < 1.29 is 4.79 Å². The maximum absolute atomic E-state index is 13.0. The van der Waals surface area contributed by atoms with Gasteiger partial charge in [0.25, 0.3) is 0 Å². The van der Waals surface area contributed by atoms with E-state index in [1.54, 1.807) is 18.3 Å². The first-order valence-corrected chi connectivity index (χ1v) is 9.63. The van der Waals surface area contributed by atoms with Gasteiger partial charge in [0.1, 0.15) is 17.9 Å². The third kappa shape index (κ3) is 4.49. The van der Waals surface area contributed by atoms with Gasteiger partial charge in [-0.3, -0.25) is 9.69 Å². The quantitative estimate of drug-likeness (QED) is 0.867. The van der Waals surface area contributed by atoms with E-state index in [2.05, 4.69) is 21.3 Å². The van der Waals surface area contributed by atoms with Gasteiger partial charge in [0.2, 0.25) is 5.91 Å². The normalized spacial score (nSPS) is 15.9. The summed E-state index contributed by atoms with van der Waals surface area (Å²) >= 11 is 0. The first kappa shape index (κ1) is 19.8. The first-order valence-electron chi connectivity index (χ1n) is 9.63. The lowest BCUT2D eigenvalue weighted by Crippen LogP contribution is -2.48. The van der Waals surface area contributed by atoms with Crippen LogP contribution < -0.4 is 10.2 Å². The molecule has 1 N–H and O–H groups in total. The number of rotatable bonds is 5. The van der Waals surface area contributed by atoms with Crippen molar-refractivity contribution in [2.24, 2.45) is 0 Å². The van der Waals surface area contributed by atoms with Crippen molar-refractivity contribution >= 4 is 11.7 Å². The second-order valence-corrected chi connectivity index (χ2v) is 7.53. The molecule has 1 aliphatic heterocycles. The lowest BCUT2D eigenvalue weighted by molar-refractivity contribution is -0.126. The molecule has 6 heteroatoms. The number of piperidine rings is 1. The number of amides is 1. The third-order valence-electron chi connectivity index (χ3n) is 5.21. The summed E-state index contributed by atoms with van der Waals surface area (Å²) in [6, 6.07) is 13.7. The molecule has 3 rings (SSSR count). The monoisotopic (exact) mass is 377 g/mol. The first-order chi connectivity index (χ1) is 13.5. The van der Waals surface area contributed by atoms with Crippen molar-refractivity contribution in [3.63, 3.8) is 0 Å². The number of likely N-dealkylation sites (N-methyl/N-ethyl adjacent to an activating group) is 1. The third-order valence-corrected chi connectivity index (χ3v) is 5.21. The average molecular weight is 377 g/mol. The van der Waals surface area contributed by atoms with Crippen LogP contribution >= 0.6 is 0 Å². The topological polar surface area (TPSA) is 72.3 Å². The van der Waals surface area contributed by atoms with Crippen LogP contribution in [0, 0.1) is 18.3 Å². The standard InChI is InChI=1S/C22H27N5O/c1-16-6-8-17(9-7-16)20(26(2)3)22(28)25-19-10-13-27(14-11-19)21-18(15-23)5-4-12-24-21/h4-9,12,19-20H,10-11,13-14H2,1-3H3,(H,25,28)/t20-/m0/s1. The zero-order valence-electron chi connectivity index (χ0n) is 16.7. The van der Waals surface area contributed by atoms with E-state index in [-0.39, 0.29) is 18.0 Å². The SMILES string of the molecule is Cc1ccc([C@@H](C(=O)NC2CCN(c3ncccc3C#N)CC2)N(C)C)cc1. The summed E-state index contributed by atoms with van der Waals surface area (Å²) in [5.74, 6) is 0.767. The predicted molar refractivity (Wildman–Crippen MR) is 110 cm³/mol. The molecule has 1 aliphatic rings. The molecular formula is C22H27N5O. The molecule has 2 aromatic rings. The molecule has 1 fully saturated rings. The summed E-state index contributed by atoms with van der Waals surface area (Å²) < 4.78 is 0. The van der Waals surface area contributed by atoms with Gasteiger partial charge in [0.15, 0.2) is 0 Å². The lowest BCUT2D eigenvalue weighted by Gasteiger charge is -2.34. The summed E-state index contributed by atoms with van der Waals surface area (Å²) in [4.78, 5) is 21.4. The molecule has 1 amide bonds. The Morgan fingerprint density at radius 2 is 1.93 bits per heavy atom. The number of pyridine rings is 1. The van der Waals surface area contributed by atoms with Crippen molar-refractivity contribution in [3.05, 3.63) is 59.3 Å². The number of nitrogens with one attached hydrogen (secondary N) is 1. The van der Waals surface area contributed by atoms with E-state index in [1.807, 2.05) is 50.2 Å². The fourth-order valence-electron chi connectivity index (χ4n) is 3.68. The second kappa shape index (κ2) is 8.85. The van der Waals surface area contributed by atoms with Gasteiger partial charge in [-0.05, 0) is 51.6 Å². The van der Waals surface area contributed by atoms with E-state index >= 15 is 0 Å². The fourth-order valence-corrected chi connectivity index (χ4v) is 3.68. The zero-order valence-corrected chi connectivity index (χ0v) is 16.7. The number of nitriles is 1. The van der Waals surface area contributed by atoms with Gasteiger partial charge in [-0.25, -0.2) is 4.98 Å². The van der Waals surface area contributed by atoms with Crippen LogP contribution in [0.1, 0.15) is 35.6 Å². The van der Waals surface area contributed by atoms with Gasteiger partial charge in [0.05, 0.1) is 5.56 Å². The molecule has 2 heterocycles. The maximum Gasteiger partial charge on any atom is 0.242 e. The minimum atomic E-state index is -0.306. The lowest BCUT2D eigenvalue weighted by atomic mass is 10.0. The van der Waals surface area contributed by atoms with Crippen molar-refractivity contribution in [2.75, 3.05) is 32.1 Å². The van der Waals surface area contributed by atoms with Gasteiger partial charge in [-0.1, -0.05) is 29.8 Å². The van der Waals surface area contributed by atoms with E-state index in [4.69, 9.17) is 0 Å². The summed E-state index contributed by atoms with van der Waals surface area (Å²) in [6.45, 7) is 3.59. The van der Waals surface area contributed by atoms with E-state index < -0.39 is 0 Å². The van der Waals surface area contributed by atoms with E-state index in [1.165, 1.54) is 5.56 Å². The fraction of sp³-hybridized carbons (Fsp3) is 0.409. The molecule has 0 radical (unpaired) electrons. The number of carbonyl (C=O) groups is 1. The molecule has 0 spiro atoms. The highest BCUT2D eigenvalue weighted by atomic mass is 16.2. The van der Waals surface area contributed by atoms with Crippen LogP contribution in [0.3, 0.4) is 0 Å². The molecule has 0 aliphatic carbocycles. The van der Waals surface area contributed by atoms with Gasteiger partial charge in [0, 0.05) is 25.3 Å². The van der Waals surface area contributed by atoms with E-state index in [0.717, 1.165) is 37.3 Å². The van der Waals surface area contributed by atoms with Gasteiger partial charge in [-0.2, -0.15) is 5.26 Å². The molecule has 1 aromatic heterocycles. The van der Waals surface area contributed by atoms with Crippen LogP contribution in [0.15, 0.2) is 42.6 Å². The van der Waals surface area contributed by atoms with Crippen LogP contribution in [0.5, 0.6) is 0 Å². The number of aryl methyl sites for hydroxylation is 1. The molecule has 146 valence electrons. The van der Waals surface area contributed by atoms with Crippen LogP contribution in [0.25, 0.3) is 0 Å². The largest absolute Gasteiger partial charge is 0.355 e. The van der Waals surface area contributed by atoms with Crippen LogP contribution in [-0.4, -0.2) is 49.0 Å². The molecule has 6 nitrogen and oxygen atoms in total. The Hall–Kier alpha value is -2.91. The molecule has 28 heavy (non-hydrogen) atoms. The highest BCUT2D eigenvalue weighted by molar-refractivity contribution is 5.83. The van der Waals surface area contributed by atoms with E-state index in [9.17, 15) is 10.1 Å². The Bertz CT molecular complexity index is 848. The molecular weight excluding hydrogens is 350 g/mol.